The molecule has 1 aliphatic carbocycles. The Morgan fingerprint density at radius 3 is 2.67 bits per heavy atom. The fraction of sp³-hybridized carbons (Fsp3) is 0.818. The smallest absolute Gasteiger partial charge is 0.000528 e. The van der Waals surface area contributed by atoms with Gasteiger partial charge in [-0.25, -0.2) is 0 Å². The molecule has 0 unspecified atom stereocenters. The molecule has 0 saturated heterocycles. The van der Waals surface area contributed by atoms with Gasteiger partial charge in [-0.3, -0.25) is 0 Å². The summed E-state index contributed by atoms with van der Waals surface area (Å²) >= 11 is 0. The van der Waals surface area contributed by atoms with E-state index in [4.69, 9.17) is 0 Å². The number of nitrogens with one attached hydrogen (secondary N) is 1. The standard InChI is InChI=1S/C11H21N/c1-3-4-9-12-10-11(2)7-5-6-8-11/h3,12H,1,4-10H2,2H3. The van der Waals surface area contributed by atoms with Gasteiger partial charge in [0.25, 0.3) is 0 Å². The molecule has 1 N–H and O–H groups in total. The lowest BCUT2D eigenvalue weighted by atomic mass is 9.89. The Balaban J connectivity index is 2.08. The molecule has 1 saturated carbocycles. The molecule has 0 aromatic carbocycles. The van der Waals surface area contributed by atoms with Crippen LogP contribution in [0.3, 0.4) is 0 Å². The first kappa shape index (κ1) is 9.79. The Labute approximate surface area is 76.2 Å². The maximum Gasteiger partial charge on any atom is 0.000528 e. The average molecular weight is 167 g/mol. The minimum atomic E-state index is 0.598. The summed E-state index contributed by atoms with van der Waals surface area (Å²) in [5.74, 6) is 0. The third-order valence-corrected chi connectivity index (χ3v) is 2.89. The topological polar surface area (TPSA) is 12.0 Å². The maximum absolute atomic E-state index is 3.71. The second-order valence-electron chi connectivity index (χ2n) is 4.27. The predicted molar refractivity (Wildman–Crippen MR) is 54.3 cm³/mol. The van der Waals surface area contributed by atoms with Gasteiger partial charge in [-0.2, -0.15) is 0 Å². The molecule has 0 atom stereocenters. The number of rotatable bonds is 5. The van der Waals surface area contributed by atoms with E-state index in [1.807, 2.05) is 6.08 Å². The zero-order valence-electron chi connectivity index (χ0n) is 8.23. The molecule has 0 spiro atoms. The van der Waals surface area contributed by atoms with E-state index in [-0.39, 0.29) is 0 Å². The van der Waals surface area contributed by atoms with Crippen molar-refractivity contribution in [3.8, 4) is 0 Å². The molecule has 12 heavy (non-hydrogen) atoms. The molecule has 0 aliphatic heterocycles. The first-order chi connectivity index (χ1) is 5.77. The summed E-state index contributed by atoms with van der Waals surface area (Å²) in [5.41, 5.74) is 0.598. The van der Waals surface area contributed by atoms with Crippen LogP contribution in [0.25, 0.3) is 0 Å². The van der Waals surface area contributed by atoms with Gasteiger partial charge in [0.2, 0.25) is 0 Å². The second kappa shape index (κ2) is 4.66. The van der Waals surface area contributed by atoms with Gasteiger partial charge in [0, 0.05) is 6.54 Å². The zero-order chi connectivity index (χ0) is 8.86. The maximum atomic E-state index is 3.71. The lowest BCUT2D eigenvalue weighted by molar-refractivity contribution is 0.317. The number of hydrogen-bond acceptors (Lipinski definition) is 1. The van der Waals surface area contributed by atoms with Crippen LogP contribution < -0.4 is 5.32 Å². The van der Waals surface area contributed by atoms with E-state index in [0.717, 1.165) is 13.0 Å². The highest BCUT2D eigenvalue weighted by atomic mass is 14.9. The van der Waals surface area contributed by atoms with Gasteiger partial charge in [0.05, 0.1) is 0 Å². The van der Waals surface area contributed by atoms with Crippen LogP contribution in [0.2, 0.25) is 0 Å². The Morgan fingerprint density at radius 1 is 1.42 bits per heavy atom. The monoisotopic (exact) mass is 167 g/mol. The Kier molecular flexibility index (Phi) is 3.80. The third-order valence-electron chi connectivity index (χ3n) is 2.89. The van der Waals surface area contributed by atoms with Crippen LogP contribution in [0, 0.1) is 5.41 Å². The lowest BCUT2D eigenvalue weighted by Gasteiger charge is -2.23. The molecule has 1 rings (SSSR count). The van der Waals surface area contributed by atoms with Crippen molar-refractivity contribution in [2.75, 3.05) is 13.1 Å². The molecular formula is C11H21N. The minimum Gasteiger partial charge on any atom is -0.316 e. The minimum absolute atomic E-state index is 0.598. The summed E-state index contributed by atoms with van der Waals surface area (Å²) in [6.07, 6.45) is 8.75. The normalized spacial score (nSPS) is 21.1. The van der Waals surface area contributed by atoms with E-state index in [1.54, 1.807) is 0 Å². The fourth-order valence-corrected chi connectivity index (χ4v) is 2.00. The lowest BCUT2D eigenvalue weighted by Crippen LogP contribution is -2.29. The van der Waals surface area contributed by atoms with Crippen LogP contribution >= 0.6 is 0 Å². The Morgan fingerprint density at radius 2 is 2.08 bits per heavy atom. The van der Waals surface area contributed by atoms with Crippen molar-refractivity contribution < 1.29 is 0 Å². The highest BCUT2D eigenvalue weighted by molar-refractivity contribution is 4.82. The summed E-state index contributed by atoms with van der Waals surface area (Å²) in [6, 6.07) is 0. The molecule has 1 fully saturated rings. The molecule has 1 aliphatic rings. The molecule has 0 bridgehead atoms. The van der Waals surface area contributed by atoms with Gasteiger partial charge in [0.1, 0.15) is 0 Å². The molecule has 1 nitrogen and oxygen atoms in total. The van der Waals surface area contributed by atoms with Crippen LogP contribution in [0.5, 0.6) is 0 Å². The first-order valence-electron chi connectivity index (χ1n) is 5.08. The summed E-state index contributed by atoms with van der Waals surface area (Å²) in [7, 11) is 0. The van der Waals surface area contributed by atoms with Crippen molar-refractivity contribution in [2.24, 2.45) is 5.41 Å². The van der Waals surface area contributed by atoms with Gasteiger partial charge in [-0.05, 0) is 31.2 Å². The molecule has 1 heteroatoms. The predicted octanol–water partition coefficient (Wildman–Crippen LogP) is 2.73. The van der Waals surface area contributed by atoms with E-state index < -0.39 is 0 Å². The Bertz CT molecular complexity index is 134. The molecule has 0 heterocycles. The summed E-state index contributed by atoms with van der Waals surface area (Å²) < 4.78 is 0. The van der Waals surface area contributed by atoms with Gasteiger partial charge >= 0.3 is 0 Å². The van der Waals surface area contributed by atoms with Crippen LogP contribution in [0.1, 0.15) is 39.0 Å². The summed E-state index contributed by atoms with van der Waals surface area (Å²) in [4.78, 5) is 0. The van der Waals surface area contributed by atoms with E-state index in [9.17, 15) is 0 Å². The van der Waals surface area contributed by atoms with Gasteiger partial charge < -0.3 is 5.32 Å². The van der Waals surface area contributed by atoms with Crippen LogP contribution in [0.15, 0.2) is 12.7 Å². The van der Waals surface area contributed by atoms with Gasteiger partial charge in [0.15, 0.2) is 0 Å². The SMILES string of the molecule is C=CCCNCC1(C)CCCC1. The van der Waals surface area contributed by atoms with Gasteiger partial charge in [-0.1, -0.05) is 25.8 Å². The second-order valence-corrected chi connectivity index (χ2v) is 4.27. The molecule has 0 amide bonds. The summed E-state index contributed by atoms with van der Waals surface area (Å²) in [5, 5.41) is 3.50. The van der Waals surface area contributed by atoms with E-state index in [1.165, 1.54) is 32.2 Å². The fourth-order valence-electron chi connectivity index (χ4n) is 2.00. The third kappa shape index (κ3) is 2.98. The van der Waals surface area contributed by atoms with E-state index in [2.05, 4.69) is 18.8 Å². The van der Waals surface area contributed by atoms with Crippen LogP contribution in [-0.2, 0) is 0 Å². The van der Waals surface area contributed by atoms with Crippen molar-refractivity contribution in [2.45, 2.75) is 39.0 Å². The molecule has 0 aromatic rings. The van der Waals surface area contributed by atoms with Gasteiger partial charge in [-0.15, -0.1) is 6.58 Å². The molecule has 0 radical (unpaired) electrons. The molecule has 0 aromatic heterocycles. The highest BCUT2D eigenvalue weighted by Crippen LogP contribution is 2.36. The van der Waals surface area contributed by atoms with E-state index >= 15 is 0 Å². The van der Waals surface area contributed by atoms with Crippen LogP contribution in [-0.4, -0.2) is 13.1 Å². The van der Waals surface area contributed by atoms with Crippen molar-refractivity contribution in [3.05, 3.63) is 12.7 Å². The Hall–Kier alpha value is -0.300. The largest absolute Gasteiger partial charge is 0.316 e. The average Bonchev–Trinajstić information content (AvgIpc) is 2.47. The quantitative estimate of drug-likeness (QED) is 0.490. The highest BCUT2D eigenvalue weighted by Gasteiger charge is 2.27. The molecular weight excluding hydrogens is 146 g/mol. The van der Waals surface area contributed by atoms with E-state index in [0.29, 0.717) is 5.41 Å². The molecule has 70 valence electrons. The first-order valence-corrected chi connectivity index (χ1v) is 5.08. The zero-order valence-corrected chi connectivity index (χ0v) is 8.23. The van der Waals surface area contributed by atoms with Crippen molar-refractivity contribution >= 4 is 0 Å². The summed E-state index contributed by atoms with van der Waals surface area (Å²) in [6.45, 7) is 8.40. The van der Waals surface area contributed by atoms with Crippen molar-refractivity contribution in [1.82, 2.24) is 5.32 Å². The van der Waals surface area contributed by atoms with Crippen molar-refractivity contribution in [3.63, 3.8) is 0 Å². The number of hydrogen-bond donors (Lipinski definition) is 1. The van der Waals surface area contributed by atoms with Crippen LogP contribution in [0.4, 0.5) is 0 Å². The van der Waals surface area contributed by atoms with Crippen molar-refractivity contribution in [1.29, 1.82) is 0 Å².